The molecule has 0 aliphatic heterocycles. The number of urea groups is 1. The van der Waals surface area contributed by atoms with E-state index in [9.17, 15) is 4.79 Å². The second-order valence-electron chi connectivity index (χ2n) is 5.44. The van der Waals surface area contributed by atoms with E-state index in [-0.39, 0.29) is 6.03 Å². The lowest BCUT2D eigenvalue weighted by Gasteiger charge is -2.27. The molecule has 2 aromatic rings. The van der Waals surface area contributed by atoms with Crippen LogP contribution in [0.25, 0.3) is 0 Å². The first-order valence-electron chi connectivity index (χ1n) is 6.69. The fourth-order valence-electron chi connectivity index (χ4n) is 2.10. The van der Waals surface area contributed by atoms with Gasteiger partial charge in [0.1, 0.15) is 0 Å². The van der Waals surface area contributed by atoms with Gasteiger partial charge in [0.25, 0.3) is 0 Å². The number of amides is 2. The fourth-order valence-corrected chi connectivity index (χ4v) is 2.10. The smallest absolute Gasteiger partial charge is 0.319 e. The molecule has 0 radical (unpaired) electrons. The zero-order valence-electron chi connectivity index (χ0n) is 12.1. The average molecular weight is 268 g/mol. The van der Waals surface area contributed by atoms with Crippen LogP contribution < -0.4 is 10.6 Å². The summed E-state index contributed by atoms with van der Waals surface area (Å²) in [6.07, 6.45) is 0. The van der Waals surface area contributed by atoms with E-state index >= 15 is 0 Å². The number of hydrogen-bond donors (Lipinski definition) is 2. The Hall–Kier alpha value is -2.29. The second kappa shape index (κ2) is 5.78. The van der Waals surface area contributed by atoms with Crippen molar-refractivity contribution in [2.24, 2.45) is 0 Å². The standard InChI is InChI=1S/C17H20N2O/c1-13-8-7-11-15(12-13)18-16(20)19-17(2,3)14-9-5-4-6-10-14/h4-12H,1-3H3,(H2,18,19,20). The minimum absolute atomic E-state index is 0.204. The van der Waals surface area contributed by atoms with E-state index < -0.39 is 5.54 Å². The molecule has 0 bridgehead atoms. The van der Waals surface area contributed by atoms with E-state index in [1.165, 1.54) is 0 Å². The Bertz CT molecular complexity index is 591. The van der Waals surface area contributed by atoms with Crippen LogP contribution in [-0.2, 0) is 5.54 Å². The number of benzene rings is 2. The van der Waals surface area contributed by atoms with Gasteiger partial charge in [-0.3, -0.25) is 0 Å². The first kappa shape index (κ1) is 14.1. The van der Waals surface area contributed by atoms with Crippen LogP contribution in [-0.4, -0.2) is 6.03 Å². The van der Waals surface area contributed by atoms with Gasteiger partial charge >= 0.3 is 6.03 Å². The molecule has 0 spiro atoms. The summed E-state index contributed by atoms with van der Waals surface area (Å²) in [5.41, 5.74) is 2.56. The summed E-state index contributed by atoms with van der Waals surface area (Å²) in [6, 6.07) is 17.5. The van der Waals surface area contributed by atoms with E-state index in [1.54, 1.807) is 0 Å². The maximum absolute atomic E-state index is 12.1. The first-order chi connectivity index (χ1) is 9.47. The zero-order valence-corrected chi connectivity index (χ0v) is 12.1. The van der Waals surface area contributed by atoms with Crippen LogP contribution in [0.4, 0.5) is 10.5 Å². The van der Waals surface area contributed by atoms with Crippen LogP contribution in [0.15, 0.2) is 54.6 Å². The first-order valence-corrected chi connectivity index (χ1v) is 6.69. The van der Waals surface area contributed by atoms with Gasteiger partial charge in [-0.05, 0) is 44.0 Å². The summed E-state index contributed by atoms with van der Waals surface area (Å²) in [4.78, 5) is 12.1. The van der Waals surface area contributed by atoms with Crippen LogP contribution in [0, 0.1) is 6.92 Å². The van der Waals surface area contributed by atoms with E-state index in [0.717, 1.165) is 16.8 Å². The molecule has 0 aliphatic rings. The lowest BCUT2D eigenvalue weighted by Crippen LogP contribution is -2.43. The highest BCUT2D eigenvalue weighted by Crippen LogP contribution is 2.19. The molecule has 0 saturated carbocycles. The molecule has 20 heavy (non-hydrogen) atoms. The van der Waals surface area contributed by atoms with Crippen molar-refractivity contribution in [1.82, 2.24) is 5.32 Å². The number of carbonyl (C=O) groups is 1. The largest absolute Gasteiger partial charge is 0.329 e. The van der Waals surface area contributed by atoms with Crippen molar-refractivity contribution in [1.29, 1.82) is 0 Å². The SMILES string of the molecule is Cc1cccc(NC(=O)NC(C)(C)c2ccccc2)c1. The molecule has 2 amide bonds. The minimum Gasteiger partial charge on any atom is -0.329 e. The summed E-state index contributed by atoms with van der Waals surface area (Å²) in [5.74, 6) is 0. The van der Waals surface area contributed by atoms with Gasteiger partial charge in [0.05, 0.1) is 5.54 Å². The zero-order chi connectivity index (χ0) is 14.6. The molecule has 0 saturated heterocycles. The lowest BCUT2D eigenvalue weighted by molar-refractivity contribution is 0.242. The summed E-state index contributed by atoms with van der Waals surface area (Å²) in [7, 11) is 0. The molecule has 0 unspecified atom stereocenters. The highest BCUT2D eigenvalue weighted by molar-refractivity contribution is 5.89. The van der Waals surface area contributed by atoms with Crippen molar-refractivity contribution in [3.05, 3.63) is 65.7 Å². The number of carbonyl (C=O) groups excluding carboxylic acids is 1. The molecule has 0 aliphatic carbocycles. The Morgan fingerprint density at radius 3 is 2.35 bits per heavy atom. The third-order valence-corrected chi connectivity index (χ3v) is 3.20. The third-order valence-electron chi connectivity index (χ3n) is 3.20. The Morgan fingerprint density at radius 2 is 1.70 bits per heavy atom. The highest BCUT2D eigenvalue weighted by Gasteiger charge is 2.22. The molecule has 2 aromatic carbocycles. The van der Waals surface area contributed by atoms with Crippen molar-refractivity contribution in [3.8, 4) is 0 Å². The molecule has 0 heterocycles. The van der Waals surface area contributed by atoms with Gasteiger partial charge < -0.3 is 10.6 Å². The Balaban J connectivity index is 2.04. The van der Waals surface area contributed by atoms with E-state index in [0.29, 0.717) is 0 Å². The fraction of sp³-hybridized carbons (Fsp3) is 0.235. The summed E-state index contributed by atoms with van der Waals surface area (Å²) >= 11 is 0. The number of rotatable bonds is 3. The predicted molar refractivity (Wildman–Crippen MR) is 82.8 cm³/mol. The van der Waals surface area contributed by atoms with Gasteiger partial charge in [0, 0.05) is 5.69 Å². The molecule has 0 atom stereocenters. The molecule has 3 nitrogen and oxygen atoms in total. The van der Waals surface area contributed by atoms with Gasteiger partial charge in [0.15, 0.2) is 0 Å². The maximum Gasteiger partial charge on any atom is 0.319 e. The highest BCUT2D eigenvalue weighted by atomic mass is 16.2. The Morgan fingerprint density at radius 1 is 1.00 bits per heavy atom. The van der Waals surface area contributed by atoms with Crippen LogP contribution >= 0.6 is 0 Å². The Labute approximate surface area is 120 Å². The van der Waals surface area contributed by atoms with Crippen molar-refractivity contribution in [2.75, 3.05) is 5.32 Å². The summed E-state index contributed by atoms with van der Waals surface area (Å²) < 4.78 is 0. The quantitative estimate of drug-likeness (QED) is 0.866. The van der Waals surface area contributed by atoms with Crippen molar-refractivity contribution in [2.45, 2.75) is 26.3 Å². The van der Waals surface area contributed by atoms with Crippen LogP contribution in [0.3, 0.4) is 0 Å². The normalized spacial score (nSPS) is 10.9. The molecule has 104 valence electrons. The minimum atomic E-state index is -0.421. The van der Waals surface area contributed by atoms with Crippen molar-refractivity contribution >= 4 is 11.7 Å². The van der Waals surface area contributed by atoms with Gasteiger partial charge in [0.2, 0.25) is 0 Å². The monoisotopic (exact) mass is 268 g/mol. The summed E-state index contributed by atoms with van der Waals surface area (Å²) in [5, 5.41) is 5.85. The summed E-state index contributed by atoms with van der Waals surface area (Å²) in [6.45, 7) is 5.97. The second-order valence-corrected chi connectivity index (χ2v) is 5.44. The molecule has 2 rings (SSSR count). The third kappa shape index (κ3) is 3.60. The number of nitrogens with one attached hydrogen (secondary N) is 2. The van der Waals surface area contributed by atoms with E-state index in [4.69, 9.17) is 0 Å². The molecular weight excluding hydrogens is 248 g/mol. The van der Waals surface area contributed by atoms with E-state index in [1.807, 2.05) is 75.4 Å². The lowest BCUT2D eigenvalue weighted by atomic mass is 9.95. The van der Waals surface area contributed by atoms with Crippen LogP contribution in [0.1, 0.15) is 25.0 Å². The van der Waals surface area contributed by atoms with Crippen molar-refractivity contribution < 1.29 is 4.79 Å². The van der Waals surface area contributed by atoms with Gasteiger partial charge in [-0.1, -0.05) is 42.5 Å². The molecule has 0 aromatic heterocycles. The van der Waals surface area contributed by atoms with Crippen molar-refractivity contribution in [3.63, 3.8) is 0 Å². The van der Waals surface area contributed by atoms with Gasteiger partial charge in [-0.2, -0.15) is 0 Å². The Kier molecular flexibility index (Phi) is 4.08. The number of aryl methyl sites for hydroxylation is 1. The molecular formula is C17H20N2O. The van der Waals surface area contributed by atoms with Crippen LogP contribution in [0.5, 0.6) is 0 Å². The van der Waals surface area contributed by atoms with E-state index in [2.05, 4.69) is 10.6 Å². The molecule has 3 heteroatoms. The number of hydrogen-bond acceptors (Lipinski definition) is 1. The van der Waals surface area contributed by atoms with Crippen LogP contribution in [0.2, 0.25) is 0 Å². The molecule has 2 N–H and O–H groups in total. The average Bonchev–Trinajstić information content (AvgIpc) is 2.39. The topological polar surface area (TPSA) is 41.1 Å². The maximum atomic E-state index is 12.1. The van der Waals surface area contributed by atoms with Gasteiger partial charge in [-0.15, -0.1) is 0 Å². The van der Waals surface area contributed by atoms with Gasteiger partial charge in [-0.25, -0.2) is 4.79 Å². The number of anilines is 1. The molecule has 0 fully saturated rings. The predicted octanol–water partition coefficient (Wildman–Crippen LogP) is 4.05.